The molecule has 0 unspecified atom stereocenters. The maximum Gasteiger partial charge on any atom is 0.265 e. The van der Waals surface area contributed by atoms with E-state index < -0.39 is 0 Å². The Hall–Kier alpha value is -3.48. The second kappa shape index (κ2) is 10.5. The van der Waals surface area contributed by atoms with Crippen molar-refractivity contribution in [2.24, 2.45) is 0 Å². The summed E-state index contributed by atoms with van der Waals surface area (Å²) in [4.78, 5) is 26.4. The maximum atomic E-state index is 12.4. The molecule has 7 heteroatoms. The van der Waals surface area contributed by atoms with Crippen molar-refractivity contribution < 1.29 is 23.8 Å². The first-order valence-corrected chi connectivity index (χ1v) is 10.4. The van der Waals surface area contributed by atoms with Gasteiger partial charge in [-0.25, -0.2) is 0 Å². The first-order valence-electron chi connectivity index (χ1n) is 10.4. The summed E-state index contributed by atoms with van der Waals surface area (Å²) in [6, 6.07) is 10.8. The number of nitrogens with one attached hydrogen (secondary N) is 1. The van der Waals surface area contributed by atoms with Crippen molar-refractivity contribution in [3.63, 3.8) is 0 Å². The molecule has 0 bridgehead atoms. The van der Waals surface area contributed by atoms with Crippen molar-refractivity contribution >= 4 is 29.3 Å². The third-order valence-electron chi connectivity index (χ3n) is 4.82. The number of nitrogens with zero attached hydrogens (tertiary/aromatic N) is 1. The van der Waals surface area contributed by atoms with Crippen molar-refractivity contribution in [1.29, 1.82) is 0 Å². The van der Waals surface area contributed by atoms with Crippen molar-refractivity contribution in [1.82, 2.24) is 0 Å². The van der Waals surface area contributed by atoms with Crippen LogP contribution < -0.4 is 24.4 Å². The van der Waals surface area contributed by atoms with Gasteiger partial charge in [0.2, 0.25) is 5.91 Å². The Morgan fingerprint density at radius 1 is 1.19 bits per heavy atom. The van der Waals surface area contributed by atoms with E-state index in [2.05, 4.69) is 12.2 Å². The lowest BCUT2D eigenvalue weighted by molar-refractivity contribution is -0.121. The van der Waals surface area contributed by atoms with Gasteiger partial charge in [0, 0.05) is 18.3 Å². The van der Waals surface area contributed by atoms with Gasteiger partial charge in [-0.05, 0) is 55.3 Å². The fourth-order valence-electron chi connectivity index (χ4n) is 3.26. The quantitative estimate of drug-likeness (QED) is 0.609. The number of hydrogen-bond donors (Lipinski definition) is 1. The van der Waals surface area contributed by atoms with E-state index in [1.54, 1.807) is 36.3 Å². The average Bonchev–Trinajstić information content (AvgIpc) is 2.78. The molecule has 164 valence electrons. The summed E-state index contributed by atoms with van der Waals surface area (Å²) in [7, 11) is 1.58. The zero-order valence-corrected chi connectivity index (χ0v) is 18.1. The topological polar surface area (TPSA) is 77.1 Å². The van der Waals surface area contributed by atoms with Crippen LogP contribution in [0.2, 0.25) is 0 Å². The minimum absolute atomic E-state index is 0.0384. The second-order valence-electron chi connectivity index (χ2n) is 7.04. The maximum absolute atomic E-state index is 12.4. The lowest BCUT2D eigenvalue weighted by Gasteiger charge is -2.29. The Morgan fingerprint density at radius 2 is 2.03 bits per heavy atom. The highest BCUT2D eigenvalue weighted by atomic mass is 16.5. The molecule has 1 N–H and O–H groups in total. The Balaban J connectivity index is 1.71. The van der Waals surface area contributed by atoms with Gasteiger partial charge in [-0.2, -0.15) is 0 Å². The molecular formula is C24H28N2O5. The molecule has 0 aliphatic carbocycles. The Kier molecular flexibility index (Phi) is 7.54. The fraction of sp³-hybridized carbons (Fsp3) is 0.333. The summed E-state index contributed by atoms with van der Waals surface area (Å²) in [5.41, 5.74) is 2.09. The van der Waals surface area contributed by atoms with E-state index in [1.165, 1.54) is 6.08 Å². The largest absolute Gasteiger partial charge is 0.493 e. The van der Waals surface area contributed by atoms with Crippen LogP contribution >= 0.6 is 0 Å². The van der Waals surface area contributed by atoms with Crippen LogP contribution in [-0.2, 0) is 9.59 Å². The molecule has 2 amide bonds. The predicted octanol–water partition coefficient (Wildman–Crippen LogP) is 4.27. The van der Waals surface area contributed by atoms with Crippen molar-refractivity contribution in [2.45, 2.75) is 26.7 Å². The van der Waals surface area contributed by atoms with Gasteiger partial charge in [0.25, 0.3) is 5.91 Å². The number of carbonyl (C=O) groups is 2. The molecule has 0 saturated carbocycles. The lowest BCUT2D eigenvalue weighted by Crippen LogP contribution is -2.39. The van der Waals surface area contributed by atoms with Gasteiger partial charge in [-0.3, -0.25) is 9.59 Å². The van der Waals surface area contributed by atoms with Gasteiger partial charge >= 0.3 is 0 Å². The van der Waals surface area contributed by atoms with Crippen LogP contribution in [0.25, 0.3) is 6.08 Å². The number of anilines is 2. The number of fused-ring (bicyclic) bond motifs is 1. The second-order valence-corrected chi connectivity index (χ2v) is 7.04. The number of unbranched alkanes of at least 4 members (excludes halogenated alkanes) is 1. The Morgan fingerprint density at radius 3 is 2.77 bits per heavy atom. The van der Waals surface area contributed by atoms with Crippen LogP contribution in [0.15, 0.2) is 42.5 Å². The predicted molar refractivity (Wildman–Crippen MR) is 121 cm³/mol. The third kappa shape index (κ3) is 5.57. The molecule has 1 aliphatic heterocycles. The molecule has 2 aromatic rings. The summed E-state index contributed by atoms with van der Waals surface area (Å²) in [6.07, 6.45) is 5.03. The van der Waals surface area contributed by atoms with E-state index in [0.717, 1.165) is 18.4 Å². The minimum Gasteiger partial charge on any atom is -0.493 e. The van der Waals surface area contributed by atoms with Gasteiger partial charge in [0.1, 0.15) is 5.75 Å². The zero-order valence-electron chi connectivity index (χ0n) is 18.1. The molecule has 2 aromatic carbocycles. The van der Waals surface area contributed by atoms with Gasteiger partial charge in [0.15, 0.2) is 18.1 Å². The van der Waals surface area contributed by atoms with Crippen LogP contribution in [0, 0.1) is 0 Å². The highest BCUT2D eigenvalue weighted by molar-refractivity contribution is 6.03. The van der Waals surface area contributed by atoms with Crippen LogP contribution in [-0.4, -0.2) is 38.7 Å². The number of amides is 2. The number of benzene rings is 2. The monoisotopic (exact) mass is 424 g/mol. The Labute approximate surface area is 182 Å². The lowest BCUT2D eigenvalue weighted by atomic mass is 10.1. The van der Waals surface area contributed by atoms with E-state index >= 15 is 0 Å². The molecule has 0 saturated heterocycles. The van der Waals surface area contributed by atoms with Crippen molar-refractivity contribution in [3.8, 4) is 17.2 Å². The average molecular weight is 424 g/mol. The fourth-order valence-corrected chi connectivity index (χ4v) is 3.26. The molecule has 0 fully saturated rings. The van der Waals surface area contributed by atoms with Gasteiger partial charge in [-0.1, -0.05) is 19.4 Å². The SMILES string of the molecule is CCCCN1C(=O)COc2ccc(NC(=O)/C=C/c3ccc(OCC)c(OC)c3)cc21. The number of ether oxygens (including phenoxy) is 3. The van der Waals surface area contributed by atoms with Crippen molar-refractivity contribution in [3.05, 3.63) is 48.0 Å². The number of rotatable bonds is 9. The van der Waals surface area contributed by atoms with Crippen LogP contribution in [0.4, 0.5) is 11.4 Å². The molecule has 0 atom stereocenters. The third-order valence-corrected chi connectivity index (χ3v) is 4.82. The minimum atomic E-state index is -0.282. The van der Waals surface area contributed by atoms with Gasteiger partial charge < -0.3 is 24.4 Å². The van der Waals surface area contributed by atoms with Crippen LogP contribution in [0.5, 0.6) is 17.2 Å². The summed E-state index contributed by atoms with van der Waals surface area (Å²) >= 11 is 0. The van der Waals surface area contributed by atoms with E-state index in [-0.39, 0.29) is 18.4 Å². The first-order chi connectivity index (χ1) is 15.0. The number of methoxy groups -OCH3 is 1. The molecule has 3 rings (SSSR count). The highest BCUT2D eigenvalue weighted by Gasteiger charge is 2.25. The summed E-state index contributed by atoms with van der Waals surface area (Å²) in [5.74, 6) is 1.55. The van der Waals surface area contributed by atoms with Crippen molar-refractivity contribution in [2.75, 3.05) is 37.1 Å². The van der Waals surface area contributed by atoms with E-state index in [9.17, 15) is 9.59 Å². The van der Waals surface area contributed by atoms with E-state index in [1.807, 2.05) is 25.1 Å². The molecule has 0 radical (unpaired) electrons. The molecule has 0 spiro atoms. The first kappa shape index (κ1) is 22.2. The number of hydrogen-bond acceptors (Lipinski definition) is 5. The summed E-state index contributed by atoms with van der Waals surface area (Å²) in [5, 5.41) is 2.84. The van der Waals surface area contributed by atoms with E-state index in [0.29, 0.717) is 41.8 Å². The van der Waals surface area contributed by atoms with Crippen LogP contribution in [0.3, 0.4) is 0 Å². The van der Waals surface area contributed by atoms with Gasteiger partial charge in [0.05, 0.1) is 19.4 Å². The summed E-state index contributed by atoms with van der Waals surface area (Å²) < 4.78 is 16.4. The zero-order chi connectivity index (χ0) is 22.2. The van der Waals surface area contributed by atoms with E-state index in [4.69, 9.17) is 14.2 Å². The molecular weight excluding hydrogens is 396 g/mol. The molecule has 7 nitrogen and oxygen atoms in total. The normalized spacial score (nSPS) is 13.0. The standard InChI is InChI=1S/C24H28N2O5/c1-4-6-13-26-19-15-18(9-11-20(19)31-16-24(26)28)25-23(27)12-8-17-7-10-21(30-5-2)22(14-17)29-3/h7-12,14-15H,4-6,13,16H2,1-3H3,(H,25,27)/b12-8+. The summed E-state index contributed by atoms with van der Waals surface area (Å²) in [6.45, 7) is 5.19. The molecule has 1 heterocycles. The molecule has 31 heavy (non-hydrogen) atoms. The Bertz CT molecular complexity index is 970. The highest BCUT2D eigenvalue weighted by Crippen LogP contribution is 2.35. The smallest absolute Gasteiger partial charge is 0.265 e. The number of carbonyl (C=O) groups excluding carboxylic acids is 2. The van der Waals surface area contributed by atoms with Crippen LogP contribution in [0.1, 0.15) is 32.3 Å². The molecule has 1 aliphatic rings. The molecule has 0 aromatic heterocycles. The van der Waals surface area contributed by atoms with Gasteiger partial charge in [-0.15, -0.1) is 0 Å².